The maximum absolute atomic E-state index is 11.6. The highest BCUT2D eigenvalue weighted by Crippen LogP contribution is 2.25. The second kappa shape index (κ2) is 4.68. The first-order chi connectivity index (χ1) is 9.43. The van der Waals surface area contributed by atoms with Crippen molar-refractivity contribution in [2.24, 2.45) is 0 Å². The van der Waals surface area contributed by atoms with Gasteiger partial charge < -0.3 is 4.98 Å². The van der Waals surface area contributed by atoms with Gasteiger partial charge in [0.05, 0.1) is 11.1 Å². The van der Waals surface area contributed by atoms with E-state index in [4.69, 9.17) is 0 Å². The molecule has 20 heavy (non-hydrogen) atoms. The average Bonchev–Trinajstić information content (AvgIpc) is 2.81. The first-order valence-electron chi connectivity index (χ1n) is 5.75. The van der Waals surface area contributed by atoms with Crippen molar-refractivity contribution >= 4 is 36.9 Å². The molecular weight excluding hydrogens is 342 g/mol. The van der Waals surface area contributed by atoms with Crippen molar-refractivity contribution < 1.29 is 8.42 Å². The van der Waals surface area contributed by atoms with Crippen LogP contribution in [0.3, 0.4) is 0 Å². The molecule has 0 radical (unpaired) electrons. The molecule has 3 aromatic rings. The van der Waals surface area contributed by atoms with Crippen LogP contribution in [0.2, 0.25) is 0 Å². The van der Waals surface area contributed by atoms with Gasteiger partial charge in [-0.05, 0) is 39.7 Å². The van der Waals surface area contributed by atoms with Gasteiger partial charge in [-0.2, -0.15) is 0 Å². The van der Waals surface area contributed by atoms with E-state index in [1.54, 1.807) is 24.4 Å². The molecule has 2 aromatic heterocycles. The van der Waals surface area contributed by atoms with Gasteiger partial charge in [-0.25, -0.2) is 18.4 Å². The van der Waals surface area contributed by atoms with E-state index in [0.29, 0.717) is 10.3 Å². The smallest absolute Gasteiger partial charge is 0.175 e. The van der Waals surface area contributed by atoms with Gasteiger partial charge in [0.1, 0.15) is 10.1 Å². The summed E-state index contributed by atoms with van der Waals surface area (Å²) in [4.78, 5) is 11.9. The van der Waals surface area contributed by atoms with Crippen LogP contribution in [0.4, 0.5) is 0 Å². The number of rotatable bonds is 2. The number of aromatic nitrogens is 3. The molecule has 0 saturated heterocycles. The first-order valence-corrected chi connectivity index (χ1v) is 8.44. The molecule has 0 aliphatic heterocycles. The Labute approximate surface area is 124 Å². The Bertz CT molecular complexity index is 903. The Morgan fingerprint density at radius 2 is 2.05 bits per heavy atom. The number of sulfone groups is 1. The number of nitrogens with zero attached hydrogens (tertiary/aromatic N) is 2. The van der Waals surface area contributed by atoms with E-state index < -0.39 is 9.84 Å². The zero-order valence-electron chi connectivity index (χ0n) is 10.5. The highest BCUT2D eigenvalue weighted by atomic mass is 79.9. The quantitative estimate of drug-likeness (QED) is 0.770. The van der Waals surface area contributed by atoms with Crippen molar-refractivity contribution in [3.63, 3.8) is 0 Å². The summed E-state index contributed by atoms with van der Waals surface area (Å²) in [5, 5.41) is 0. The van der Waals surface area contributed by atoms with Crippen LogP contribution in [-0.4, -0.2) is 29.6 Å². The van der Waals surface area contributed by atoms with Gasteiger partial charge in [0.15, 0.2) is 15.5 Å². The van der Waals surface area contributed by atoms with Crippen LogP contribution in [0.15, 0.2) is 46.0 Å². The molecule has 7 heteroatoms. The van der Waals surface area contributed by atoms with Crippen molar-refractivity contribution in [2.75, 3.05) is 6.26 Å². The highest BCUT2D eigenvalue weighted by Gasteiger charge is 2.10. The summed E-state index contributed by atoms with van der Waals surface area (Å²) in [6.45, 7) is 0. The molecule has 102 valence electrons. The summed E-state index contributed by atoms with van der Waals surface area (Å²) in [6.07, 6.45) is 2.80. The van der Waals surface area contributed by atoms with Crippen LogP contribution < -0.4 is 0 Å². The van der Waals surface area contributed by atoms with Gasteiger partial charge in [-0.15, -0.1) is 0 Å². The largest absolute Gasteiger partial charge is 0.338 e. The van der Waals surface area contributed by atoms with Crippen molar-refractivity contribution in [2.45, 2.75) is 4.90 Å². The third kappa shape index (κ3) is 2.46. The molecule has 2 heterocycles. The van der Waals surface area contributed by atoms with Crippen molar-refractivity contribution in [1.82, 2.24) is 15.0 Å². The summed E-state index contributed by atoms with van der Waals surface area (Å²) in [5.41, 5.74) is 2.94. The topological polar surface area (TPSA) is 75.7 Å². The van der Waals surface area contributed by atoms with E-state index in [2.05, 4.69) is 30.9 Å². The summed E-state index contributed by atoms with van der Waals surface area (Å²) < 4.78 is 23.8. The molecule has 0 unspecified atom stereocenters. The van der Waals surface area contributed by atoms with Gasteiger partial charge >= 0.3 is 0 Å². The van der Waals surface area contributed by atoms with E-state index >= 15 is 0 Å². The number of halogens is 1. The number of hydrogen-bond donors (Lipinski definition) is 1. The summed E-state index contributed by atoms with van der Waals surface area (Å²) >= 11 is 3.27. The van der Waals surface area contributed by atoms with E-state index in [-0.39, 0.29) is 4.90 Å². The van der Waals surface area contributed by atoms with Gasteiger partial charge in [0.2, 0.25) is 0 Å². The van der Waals surface area contributed by atoms with Crippen LogP contribution in [-0.2, 0) is 9.84 Å². The highest BCUT2D eigenvalue weighted by molar-refractivity contribution is 9.10. The van der Waals surface area contributed by atoms with E-state index in [1.807, 2.05) is 12.1 Å². The van der Waals surface area contributed by atoms with E-state index in [9.17, 15) is 8.42 Å². The van der Waals surface area contributed by atoms with Crippen LogP contribution >= 0.6 is 15.9 Å². The molecule has 0 spiro atoms. The third-order valence-corrected chi connectivity index (χ3v) is 4.37. The Kier molecular flexibility index (Phi) is 3.10. The number of fused-ring (bicyclic) bond motifs is 1. The zero-order chi connectivity index (χ0) is 14.3. The molecule has 0 aliphatic rings. The van der Waals surface area contributed by atoms with Gasteiger partial charge in [0, 0.05) is 11.9 Å². The summed E-state index contributed by atoms with van der Waals surface area (Å²) in [5.74, 6) is 0. The van der Waals surface area contributed by atoms with Crippen LogP contribution in [0.25, 0.3) is 22.4 Å². The van der Waals surface area contributed by atoms with Crippen molar-refractivity contribution in [3.05, 3.63) is 41.1 Å². The fourth-order valence-electron chi connectivity index (χ4n) is 1.93. The first kappa shape index (κ1) is 13.3. The monoisotopic (exact) mass is 351 g/mol. The number of benzene rings is 1. The fraction of sp³-hybridized carbons (Fsp3) is 0.0769. The maximum atomic E-state index is 11.6. The second-order valence-corrected chi connectivity index (χ2v) is 7.24. The van der Waals surface area contributed by atoms with Gasteiger partial charge in [-0.3, -0.25) is 0 Å². The molecule has 0 aliphatic carbocycles. The lowest BCUT2D eigenvalue weighted by molar-refractivity contribution is 0.602. The van der Waals surface area contributed by atoms with Crippen LogP contribution in [0.1, 0.15) is 0 Å². The minimum Gasteiger partial charge on any atom is -0.338 e. The molecule has 3 rings (SSSR count). The fourth-order valence-corrected chi connectivity index (χ4v) is 2.89. The number of H-pyrrole nitrogens is 1. The Balaban J connectivity index is 2.16. The predicted octanol–water partition coefficient (Wildman–Crippen LogP) is 2.79. The molecule has 0 saturated carbocycles. The summed E-state index contributed by atoms with van der Waals surface area (Å²) in [6, 6.07) is 8.61. The zero-order valence-corrected chi connectivity index (χ0v) is 12.9. The lowest BCUT2D eigenvalue weighted by atomic mass is 10.1. The average molecular weight is 352 g/mol. The Morgan fingerprint density at radius 3 is 2.80 bits per heavy atom. The number of hydrogen-bond acceptors (Lipinski definition) is 4. The standard InChI is InChI=1S/C13H10BrN3O2S/c1-20(18,19)9-4-2-3-8(5-9)10-6-11-13(17-10)15-7-12(14)16-11/h2-7H,1H3,(H,15,17). The lowest BCUT2D eigenvalue weighted by Gasteiger charge is -2.01. The molecule has 1 aromatic carbocycles. The van der Waals surface area contributed by atoms with E-state index in [1.165, 1.54) is 6.26 Å². The second-order valence-electron chi connectivity index (χ2n) is 4.41. The minimum atomic E-state index is -3.22. The molecule has 0 fully saturated rings. The predicted molar refractivity (Wildman–Crippen MR) is 80.1 cm³/mol. The van der Waals surface area contributed by atoms with Gasteiger partial charge in [-0.1, -0.05) is 12.1 Å². The number of nitrogens with one attached hydrogen (secondary N) is 1. The van der Waals surface area contributed by atoms with E-state index in [0.717, 1.165) is 16.8 Å². The number of aromatic amines is 1. The molecule has 0 bridgehead atoms. The van der Waals surface area contributed by atoms with Crippen LogP contribution in [0.5, 0.6) is 0 Å². The maximum Gasteiger partial charge on any atom is 0.175 e. The van der Waals surface area contributed by atoms with Gasteiger partial charge in [0.25, 0.3) is 0 Å². The minimum absolute atomic E-state index is 0.288. The van der Waals surface area contributed by atoms with Crippen LogP contribution in [0, 0.1) is 0 Å². The third-order valence-electron chi connectivity index (χ3n) is 2.88. The summed E-state index contributed by atoms with van der Waals surface area (Å²) in [7, 11) is -3.22. The molecule has 0 atom stereocenters. The van der Waals surface area contributed by atoms with Crippen molar-refractivity contribution in [1.29, 1.82) is 0 Å². The normalized spacial score (nSPS) is 11.9. The van der Waals surface area contributed by atoms with Crippen molar-refractivity contribution in [3.8, 4) is 11.3 Å². The Morgan fingerprint density at radius 1 is 1.25 bits per heavy atom. The SMILES string of the molecule is CS(=O)(=O)c1cccc(-c2cc3nc(Br)cnc3[nH]2)c1. The Hall–Kier alpha value is -1.73. The lowest BCUT2D eigenvalue weighted by Crippen LogP contribution is -1.96. The molecule has 5 nitrogen and oxygen atoms in total. The molecule has 0 amide bonds. The molecular formula is C13H10BrN3O2S. The molecule has 1 N–H and O–H groups in total.